The molecule has 0 aliphatic carbocycles. The second-order valence-electron chi connectivity index (χ2n) is 7.18. The lowest BCUT2D eigenvalue weighted by molar-refractivity contribution is -0.126. The maximum Gasteiger partial charge on any atom is 0.246 e. The Balaban J connectivity index is 1.35. The zero-order valence-corrected chi connectivity index (χ0v) is 16.4. The minimum Gasteiger partial charge on any atom is -0.368 e. The number of aromatic nitrogens is 1. The van der Waals surface area contributed by atoms with Crippen LogP contribution in [0.25, 0.3) is 17.0 Å². The van der Waals surface area contributed by atoms with Gasteiger partial charge in [0.25, 0.3) is 0 Å². The molecule has 1 amide bonds. The van der Waals surface area contributed by atoms with Crippen LogP contribution in [0.15, 0.2) is 66.7 Å². The summed E-state index contributed by atoms with van der Waals surface area (Å²) in [6, 6.07) is 19.5. The molecule has 5 heteroatoms. The van der Waals surface area contributed by atoms with E-state index in [-0.39, 0.29) is 11.7 Å². The number of pyridine rings is 1. The first kappa shape index (κ1) is 18.9. The van der Waals surface area contributed by atoms with E-state index in [1.165, 1.54) is 0 Å². The molecule has 1 aromatic heterocycles. The van der Waals surface area contributed by atoms with Crippen molar-refractivity contribution in [1.29, 1.82) is 0 Å². The maximum absolute atomic E-state index is 12.6. The zero-order chi connectivity index (χ0) is 20.2. The molecule has 1 fully saturated rings. The molecule has 2 heterocycles. The molecule has 2 aromatic carbocycles. The van der Waals surface area contributed by atoms with E-state index < -0.39 is 0 Å². The largest absolute Gasteiger partial charge is 0.368 e. The Bertz CT molecular complexity index is 1060. The van der Waals surface area contributed by atoms with Crippen LogP contribution in [0.3, 0.4) is 0 Å². The van der Waals surface area contributed by atoms with Gasteiger partial charge in [-0.1, -0.05) is 24.3 Å². The third-order valence-electron chi connectivity index (χ3n) is 5.25. The van der Waals surface area contributed by atoms with Gasteiger partial charge in [-0.25, -0.2) is 4.98 Å². The normalized spacial score (nSPS) is 14.5. The monoisotopic (exact) mass is 385 g/mol. The second-order valence-corrected chi connectivity index (χ2v) is 7.18. The number of para-hydroxylation sites is 1. The SMILES string of the molecule is CC(=O)c1ccc(N2CCN(C(=O)C=Cc3ccc4ccccc4n3)CC2)cc1. The van der Waals surface area contributed by atoms with E-state index in [0.29, 0.717) is 13.1 Å². The number of amides is 1. The van der Waals surface area contributed by atoms with E-state index in [0.717, 1.165) is 40.9 Å². The number of hydrogen-bond acceptors (Lipinski definition) is 4. The fraction of sp³-hybridized carbons (Fsp3) is 0.208. The molecule has 0 bridgehead atoms. The molecule has 1 aliphatic heterocycles. The highest BCUT2D eigenvalue weighted by Gasteiger charge is 2.20. The van der Waals surface area contributed by atoms with E-state index in [2.05, 4.69) is 9.88 Å². The lowest BCUT2D eigenvalue weighted by Gasteiger charge is -2.35. The first-order chi connectivity index (χ1) is 14.1. The van der Waals surface area contributed by atoms with Crippen molar-refractivity contribution in [3.05, 3.63) is 78.0 Å². The predicted molar refractivity (Wildman–Crippen MR) is 116 cm³/mol. The molecule has 1 aliphatic rings. The summed E-state index contributed by atoms with van der Waals surface area (Å²) in [6.45, 7) is 4.45. The molecule has 0 spiro atoms. The number of nitrogens with zero attached hydrogens (tertiary/aromatic N) is 3. The van der Waals surface area contributed by atoms with Crippen LogP contribution in [0.2, 0.25) is 0 Å². The lowest BCUT2D eigenvalue weighted by Crippen LogP contribution is -2.48. The van der Waals surface area contributed by atoms with Gasteiger partial charge in [0.15, 0.2) is 5.78 Å². The van der Waals surface area contributed by atoms with E-state index in [9.17, 15) is 9.59 Å². The van der Waals surface area contributed by atoms with Crippen LogP contribution in [-0.2, 0) is 4.79 Å². The van der Waals surface area contributed by atoms with Crippen molar-refractivity contribution >= 4 is 34.4 Å². The van der Waals surface area contributed by atoms with Crippen LogP contribution in [0.4, 0.5) is 5.69 Å². The number of anilines is 1. The van der Waals surface area contributed by atoms with Crippen molar-refractivity contribution in [3.63, 3.8) is 0 Å². The fourth-order valence-corrected chi connectivity index (χ4v) is 3.53. The van der Waals surface area contributed by atoms with Crippen LogP contribution < -0.4 is 4.90 Å². The van der Waals surface area contributed by atoms with Gasteiger partial charge in [-0.15, -0.1) is 0 Å². The Morgan fingerprint density at radius 1 is 0.897 bits per heavy atom. The second kappa shape index (κ2) is 8.27. The molecule has 0 saturated carbocycles. The molecule has 5 nitrogen and oxygen atoms in total. The van der Waals surface area contributed by atoms with E-state index in [1.54, 1.807) is 19.1 Å². The average molecular weight is 385 g/mol. The van der Waals surface area contributed by atoms with Crippen LogP contribution in [0, 0.1) is 0 Å². The predicted octanol–water partition coefficient (Wildman–Crippen LogP) is 3.80. The van der Waals surface area contributed by atoms with E-state index >= 15 is 0 Å². The Hall–Kier alpha value is -3.47. The summed E-state index contributed by atoms with van der Waals surface area (Å²) < 4.78 is 0. The molecule has 0 atom stereocenters. The van der Waals surface area contributed by atoms with Gasteiger partial charge in [0.2, 0.25) is 5.91 Å². The maximum atomic E-state index is 12.6. The highest BCUT2D eigenvalue weighted by Crippen LogP contribution is 2.18. The van der Waals surface area contributed by atoms with Crippen molar-refractivity contribution in [2.75, 3.05) is 31.1 Å². The average Bonchev–Trinajstić information content (AvgIpc) is 2.77. The minimum absolute atomic E-state index is 0.00605. The molecule has 146 valence electrons. The van der Waals surface area contributed by atoms with Crippen LogP contribution in [-0.4, -0.2) is 47.8 Å². The lowest BCUT2D eigenvalue weighted by atomic mass is 10.1. The third kappa shape index (κ3) is 4.35. The van der Waals surface area contributed by atoms with Gasteiger partial charge in [-0.3, -0.25) is 9.59 Å². The van der Waals surface area contributed by atoms with Gasteiger partial charge in [-0.2, -0.15) is 0 Å². The van der Waals surface area contributed by atoms with Crippen molar-refractivity contribution in [2.24, 2.45) is 0 Å². The Morgan fingerprint density at radius 3 is 2.34 bits per heavy atom. The molecule has 1 saturated heterocycles. The van der Waals surface area contributed by atoms with Crippen molar-refractivity contribution in [1.82, 2.24) is 9.88 Å². The van der Waals surface area contributed by atoms with Gasteiger partial charge < -0.3 is 9.80 Å². The summed E-state index contributed by atoms with van der Waals surface area (Å²) in [4.78, 5) is 32.6. The van der Waals surface area contributed by atoms with Gasteiger partial charge in [0.1, 0.15) is 0 Å². The van der Waals surface area contributed by atoms with Crippen LogP contribution >= 0.6 is 0 Å². The summed E-state index contributed by atoms with van der Waals surface area (Å²) >= 11 is 0. The smallest absolute Gasteiger partial charge is 0.246 e. The topological polar surface area (TPSA) is 53.5 Å². The number of carbonyl (C=O) groups is 2. The van der Waals surface area contributed by atoms with Gasteiger partial charge in [0, 0.05) is 48.9 Å². The van der Waals surface area contributed by atoms with Gasteiger partial charge in [0.05, 0.1) is 11.2 Å². The highest BCUT2D eigenvalue weighted by atomic mass is 16.2. The number of piperazine rings is 1. The van der Waals surface area contributed by atoms with Crippen molar-refractivity contribution < 1.29 is 9.59 Å². The number of Topliss-reactive ketones (excluding diaryl/α,β-unsaturated/α-hetero) is 1. The Labute approximate surface area is 170 Å². The number of fused-ring (bicyclic) bond motifs is 1. The fourth-order valence-electron chi connectivity index (χ4n) is 3.53. The molecule has 29 heavy (non-hydrogen) atoms. The quantitative estimate of drug-likeness (QED) is 0.506. The van der Waals surface area contributed by atoms with E-state index in [4.69, 9.17) is 0 Å². The number of rotatable bonds is 4. The summed E-state index contributed by atoms with van der Waals surface area (Å²) in [5.74, 6) is 0.0752. The Morgan fingerprint density at radius 2 is 1.62 bits per heavy atom. The first-order valence-electron chi connectivity index (χ1n) is 9.79. The molecule has 3 aromatic rings. The van der Waals surface area contributed by atoms with Crippen molar-refractivity contribution in [2.45, 2.75) is 6.92 Å². The first-order valence-corrected chi connectivity index (χ1v) is 9.79. The summed E-state index contributed by atoms with van der Waals surface area (Å²) in [6.07, 6.45) is 3.38. The number of hydrogen-bond donors (Lipinski definition) is 0. The minimum atomic E-state index is 0.00605. The standard InChI is InChI=1S/C24H23N3O2/c1-18(28)19-7-11-22(12-8-19)26-14-16-27(17-15-26)24(29)13-10-21-9-6-20-4-2-3-5-23(20)25-21/h2-13H,14-17H2,1H3. The number of carbonyl (C=O) groups excluding carboxylic acids is 2. The highest BCUT2D eigenvalue weighted by molar-refractivity contribution is 5.94. The molecule has 0 N–H and O–H groups in total. The van der Waals surface area contributed by atoms with Crippen molar-refractivity contribution in [3.8, 4) is 0 Å². The van der Waals surface area contributed by atoms with Crippen LogP contribution in [0.5, 0.6) is 0 Å². The summed E-state index contributed by atoms with van der Waals surface area (Å²) in [5, 5.41) is 1.09. The summed E-state index contributed by atoms with van der Waals surface area (Å²) in [7, 11) is 0. The zero-order valence-electron chi connectivity index (χ0n) is 16.4. The van der Waals surface area contributed by atoms with Crippen LogP contribution in [0.1, 0.15) is 23.0 Å². The molecule has 4 rings (SSSR count). The third-order valence-corrected chi connectivity index (χ3v) is 5.25. The van der Waals surface area contributed by atoms with Gasteiger partial charge >= 0.3 is 0 Å². The number of benzene rings is 2. The molecule has 0 unspecified atom stereocenters. The van der Waals surface area contributed by atoms with Gasteiger partial charge in [-0.05, 0) is 49.4 Å². The summed E-state index contributed by atoms with van der Waals surface area (Å²) in [5.41, 5.74) is 3.50. The number of ketones is 1. The van der Waals surface area contributed by atoms with E-state index in [1.807, 2.05) is 65.6 Å². The molecular formula is C24H23N3O2. The molecular weight excluding hydrogens is 362 g/mol. The molecule has 0 radical (unpaired) electrons. The Kier molecular flexibility index (Phi) is 5.38.